The summed E-state index contributed by atoms with van der Waals surface area (Å²) in [5, 5.41) is 7.64. The van der Waals surface area contributed by atoms with Gasteiger partial charge in [0.05, 0.1) is 16.0 Å². The lowest BCUT2D eigenvalue weighted by Crippen LogP contribution is -2.19. The van der Waals surface area contributed by atoms with Crippen molar-refractivity contribution < 1.29 is 0 Å². The molecular weight excluding hydrogens is 342 g/mol. The predicted octanol–water partition coefficient (Wildman–Crippen LogP) is 3.18. The highest BCUT2D eigenvalue weighted by molar-refractivity contribution is 9.10. The number of hydrazone groups is 1. The largest absolute Gasteiger partial charge is 0.370 e. The summed E-state index contributed by atoms with van der Waals surface area (Å²) in [5.74, 6) is 1.68. The van der Waals surface area contributed by atoms with Crippen molar-refractivity contribution in [2.24, 2.45) is 11.0 Å². The number of hydrazine groups is 1. The minimum Gasteiger partial charge on any atom is -0.370 e. The second kappa shape index (κ2) is 8.44. The van der Waals surface area contributed by atoms with E-state index in [9.17, 15) is 0 Å². The van der Waals surface area contributed by atoms with Gasteiger partial charge in [-0.05, 0) is 34.7 Å². The van der Waals surface area contributed by atoms with Crippen molar-refractivity contribution in [2.75, 3.05) is 18.4 Å². The molecule has 0 atom stereocenters. The van der Waals surface area contributed by atoms with Crippen LogP contribution in [0, 0.1) is 5.92 Å². The summed E-state index contributed by atoms with van der Waals surface area (Å²) in [6.45, 7) is 1.87. The molecule has 1 aromatic rings. The molecule has 0 bridgehead atoms. The number of anilines is 1. The zero-order chi connectivity index (χ0) is 14.2. The lowest BCUT2D eigenvalue weighted by Gasteiger charge is -2.11. The molecule has 1 aliphatic heterocycles. The van der Waals surface area contributed by atoms with Crippen molar-refractivity contribution in [1.82, 2.24) is 15.9 Å². The number of nitrogens with zero attached hydrogens (tertiary/aromatic N) is 2. The summed E-state index contributed by atoms with van der Waals surface area (Å²) in [6, 6.07) is 1.86. The molecule has 7 heteroatoms. The molecule has 1 saturated carbocycles. The lowest BCUT2D eigenvalue weighted by molar-refractivity contribution is 0.579. The third-order valence-electron chi connectivity index (χ3n) is 3.28. The molecule has 20 heavy (non-hydrogen) atoms. The number of nitrogens with one attached hydrogen (secondary N) is 3. The van der Waals surface area contributed by atoms with Gasteiger partial charge in [0.1, 0.15) is 5.82 Å². The Morgan fingerprint density at radius 3 is 2.75 bits per heavy atom. The Kier molecular flexibility index (Phi) is 6.56. The molecule has 0 amide bonds. The number of aromatic nitrogens is 1. The predicted molar refractivity (Wildman–Crippen MR) is 87.0 cm³/mol. The van der Waals surface area contributed by atoms with Crippen LogP contribution in [0.2, 0.25) is 5.02 Å². The zero-order valence-corrected chi connectivity index (χ0v) is 13.5. The van der Waals surface area contributed by atoms with Crippen molar-refractivity contribution in [1.29, 1.82) is 0 Å². The standard InChI is InChI=1S/C11H14BrClN2.C2H5N3/c12-9-7-15-11(5-10(9)13)14-6-8-3-1-2-4-8;1-2-4-5-3-1/h5,7-8H,1-4,6H2,(H,14,15);1,4-5H,2H2. The Labute approximate surface area is 132 Å². The second-order valence-corrected chi connectivity index (χ2v) is 6.08. The van der Waals surface area contributed by atoms with Crippen LogP contribution < -0.4 is 16.3 Å². The van der Waals surface area contributed by atoms with E-state index in [1.54, 1.807) is 12.4 Å². The van der Waals surface area contributed by atoms with E-state index in [-0.39, 0.29) is 0 Å². The molecule has 0 aromatic carbocycles. The van der Waals surface area contributed by atoms with Crippen molar-refractivity contribution in [3.8, 4) is 0 Å². The third kappa shape index (κ3) is 5.26. The van der Waals surface area contributed by atoms with Crippen molar-refractivity contribution in [2.45, 2.75) is 25.7 Å². The first kappa shape index (κ1) is 15.5. The van der Waals surface area contributed by atoms with E-state index in [0.717, 1.165) is 29.3 Å². The summed E-state index contributed by atoms with van der Waals surface area (Å²) in [4.78, 5) is 4.26. The normalized spacial score (nSPS) is 17.5. The van der Waals surface area contributed by atoms with Crippen LogP contribution in [0.3, 0.4) is 0 Å². The summed E-state index contributed by atoms with van der Waals surface area (Å²) >= 11 is 9.31. The summed E-state index contributed by atoms with van der Waals surface area (Å²) in [6.07, 6.45) is 8.94. The molecule has 1 aliphatic carbocycles. The van der Waals surface area contributed by atoms with Gasteiger partial charge < -0.3 is 5.32 Å². The van der Waals surface area contributed by atoms with E-state index in [1.807, 2.05) is 6.07 Å². The summed E-state index contributed by atoms with van der Waals surface area (Å²) in [5.41, 5.74) is 5.29. The van der Waals surface area contributed by atoms with Gasteiger partial charge in [0.2, 0.25) is 0 Å². The zero-order valence-electron chi connectivity index (χ0n) is 11.2. The number of rotatable bonds is 3. The molecule has 0 radical (unpaired) electrons. The minimum atomic E-state index is 0.707. The van der Waals surface area contributed by atoms with Gasteiger partial charge in [0.15, 0.2) is 0 Å². The second-order valence-electron chi connectivity index (χ2n) is 4.82. The van der Waals surface area contributed by atoms with Crippen LogP contribution in [-0.2, 0) is 0 Å². The fraction of sp³-hybridized carbons (Fsp3) is 0.538. The van der Waals surface area contributed by atoms with Gasteiger partial charge in [0.25, 0.3) is 0 Å². The Bertz CT molecular complexity index is 442. The van der Waals surface area contributed by atoms with Crippen LogP contribution >= 0.6 is 27.5 Å². The van der Waals surface area contributed by atoms with Crippen LogP contribution in [-0.4, -0.2) is 24.3 Å². The van der Waals surface area contributed by atoms with E-state index in [4.69, 9.17) is 11.6 Å². The highest BCUT2D eigenvalue weighted by Gasteiger charge is 2.14. The fourth-order valence-corrected chi connectivity index (χ4v) is 2.57. The van der Waals surface area contributed by atoms with E-state index in [1.165, 1.54) is 25.7 Å². The highest BCUT2D eigenvalue weighted by atomic mass is 79.9. The Morgan fingerprint density at radius 1 is 1.40 bits per heavy atom. The van der Waals surface area contributed by atoms with Gasteiger partial charge in [-0.2, -0.15) is 5.10 Å². The number of pyridine rings is 1. The molecule has 110 valence electrons. The molecule has 3 rings (SSSR count). The number of hydrogen-bond acceptors (Lipinski definition) is 5. The van der Waals surface area contributed by atoms with Crippen molar-refractivity contribution >= 4 is 39.6 Å². The molecule has 2 heterocycles. The number of halogens is 2. The summed E-state index contributed by atoms with van der Waals surface area (Å²) < 4.78 is 0.843. The lowest BCUT2D eigenvalue weighted by atomic mass is 10.1. The van der Waals surface area contributed by atoms with Gasteiger partial charge in [-0.3, -0.25) is 0 Å². The van der Waals surface area contributed by atoms with Crippen LogP contribution in [0.5, 0.6) is 0 Å². The van der Waals surface area contributed by atoms with Gasteiger partial charge in [-0.1, -0.05) is 24.4 Å². The average molecular weight is 361 g/mol. The smallest absolute Gasteiger partial charge is 0.127 e. The Balaban J connectivity index is 0.000000247. The maximum Gasteiger partial charge on any atom is 0.127 e. The van der Waals surface area contributed by atoms with E-state index < -0.39 is 0 Å². The topological polar surface area (TPSA) is 61.3 Å². The van der Waals surface area contributed by atoms with Gasteiger partial charge in [-0.15, -0.1) is 0 Å². The first-order chi connectivity index (χ1) is 9.75. The van der Waals surface area contributed by atoms with Crippen LogP contribution in [0.4, 0.5) is 5.82 Å². The van der Waals surface area contributed by atoms with E-state index in [2.05, 4.69) is 42.3 Å². The van der Waals surface area contributed by atoms with Crippen molar-refractivity contribution in [3.05, 3.63) is 21.8 Å². The molecule has 3 N–H and O–H groups in total. The Morgan fingerprint density at radius 2 is 2.20 bits per heavy atom. The maximum absolute atomic E-state index is 5.98. The third-order valence-corrected chi connectivity index (χ3v) is 4.46. The molecule has 2 aliphatic rings. The molecule has 1 aromatic heterocycles. The van der Waals surface area contributed by atoms with Crippen LogP contribution in [0.15, 0.2) is 21.8 Å². The average Bonchev–Trinajstić information content (AvgIpc) is 3.16. The Hall–Kier alpha value is -0.850. The molecular formula is C13H19BrClN5. The molecule has 5 nitrogen and oxygen atoms in total. The van der Waals surface area contributed by atoms with Crippen molar-refractivity contribution in [3.63, 3.8) is 0 Å². The molecule has 0 spiro atoms. The van der Waals surface area contributed by atoms with Crippen LogP contribution in [0.25, 0.3) is 0 Å². The highest BCUT2D eigenvalue weighted by Crippen LogP contribution is 2.26. The maximum atomic E-state index is 5.98. The first-order valence-electron chi connectivity index (χ1n) is 6.80. The SMILES string of the molecule is C1=NNNC1.Clc1cc(NCC2CCCC2)ncc1Br. The molecule has 0 unspecified atom stereocenters. The van der Waals surface area contributed by atoms with Crippen LogP contribution in [0.1, 0.15) is 25.7 Å². The number of hydrogen-bond donors (Lipinski definition) is 3. The van der Waals surface area contributed by atoms with Gasteiger partial charge in [-0.25, -0.2) is 15.9 Å². The van der Waals surface area contributed by atoms with E-state index >= 15 is 0 Å². The van der Waals surface area contributed by atoms with E-state index in [0.29, 0.717) is 5.02 Å². The monoisotopic (exact) mass is 359 g/mol. The molecule has 1 fully saturated rings. The minimum absolute atomic E-state index is 0.707. The quantitative estimate of drug-likeness (QED) is 0.775. The van der Waals surface area contributed by atoms with Gasteiger partial charge in [0, 0.05) is 25.0 Å². The fourth-order valence-electron chi connectivity index (χ4n) is 2.20. The summed E-state index contributed by atoms with van der Waals surface area (Å²) in [7, 11) is 0. The molecule has 0 saturated heterocycles. The first-order valence-corrected chi connectivity index (χ1v) is 7.97. The van der Waals surface area contributed by atoms with Gasteiger partial charge >= 0.3 is 0 Å².